The summed E-state index contributed by atoms with van der Waals surface area (Å²) in [5, 5.41) is 4.57. The van der Waals surface area contributed by atoms with E-state index in [0.717, 1.165) is 12.8 Å². The first kappa shape index (κ1) is 15.2. The van der Waals surface area contributed by atoms with E-state index in [1.807, 2.05) is 6.92 Å². The van der Waals surface area contributed by atoms with Crippen LogP contribution in [0, 0.1) is 11.8 Å². The lowest BCUT2D eigenvalue weighted by Crippen LogP contribution is -2.27. The van der Waals surface area contributed by atoms with Gasteiger partial charge in [0.1, 0.15) is 5.69 Å². The van der Waals surface area contributed by atoms with Crippen LogP contribution in [-0.2, 0) is 6.54 Å². The second-order valence-corrected chi connectivity index (χ2v) is 5.40. The van der Waals surface area contributed by atoms with E-state index < -0.39 is 0 Å². The van der Waals surface area contributed by atoms with Gasteiger partial charge in [-0.05, 0) is 18.8 Å². The summed E-state index contributed by atoms with van der Waals surface area (Å²) in [5.41, 5.74) is 6.22. The average molecular weight is 272 g/mol. The van der Waals surface area contributed by atoms with Gasteiger partial charge in [0.2, 0.25) is 0 Å². The molecule has 0 aliphatic carbocycles. The molecule has 1 rings (SSSR count). The van der Waals surface area contributed by atoms with Crippen LogP contribution in [0.3, 0.4) is 0 Å². The van der Waals surface area contributed by atoms with Crippen molar-refractivity contribution in [1.82, 2.24) is 9.78 Å². The van der Waals surface area contributed by atoms with E-state index in [0.29, 0.717) is 29.7 Å². The van der Waals surface area contributed by atoms with Crippen molar-refractivity contribution in [3.05, 3.63) is 16.9 Å². The van der Waals surface area contributed by atoms with Gasteiger partial charge in [0.15, 0.2) is 5.78 Å². The molecule has 1 heterocycles. The molecule has 0 aliphatic rings. The van der Waals surface area contributed by atoms with Gasteiger partial charge in [-0.1, -0.05) is 32.4 Å². The van der Waals surface area contributed by atoms with Crippen molar-refractivity contribution in [2.24, 2.45) is 17.6 Å². The highest BCUT2D eigenvalue weighted by atomic mass is 35.5. The van der Waals surface area contributed by atoms with E-state index in [9.17, 15) is 4.79 Å². The number of nitrogens with two attached hydrogens (primary N) is 1. The fraction of sp³-hybridized carbons (Fsp3) is 0.692. The molecule has 2 N–H and O–H groups in total. The lowest BCUT2D eigenvalue weighted by Gasteiger charge is -2.16. The van der Waals surface area contributed by atoms with Crippen molar-refractivity contribution in [1.29, 1.82) is 0 Å². The molecule has 102 valence electrons. The van der Waals surface area contributed by atoms with Crippen LogP contribution in [-0.4, -0.2) is 22.1 Å². The molecule has 5 heteroatoms. The number of nitrogens with zero attached hydrogens (tertiary/aromatic N) is 2. The molecule has 1 aromatic heterocycles. The molecule has 0 fully saturated rings. The molecule has 1 aromatic rings. The number of ketones is 1. The fourth-order valence-corrected chi connectivity index (χ4v) is 2.30. The van der Waals surface area contributed by atoms with E-state index in [1.165, 1.54) is 6.20 Å². The highest BCUT2D eigenvalue weighted by Crippen LogP contribution is 2.22. The number of carbonyl (C=O) groups excluding carboxylic acids is 1. The van der Waals surface area contributed by atoms with E-state index in [2.05, 4.69) is 18.9 Å². The quantitative estimate of drug-likeness (QED) is 0.776. The first-order chi connectivity index (χ1) is 8.51. The van der Waals surface area contributed by atoms with Crippen LogP contribution in [0.25, 0.3) is 0 Å². The van der Waals surface area contributed by atoms with Gasteiger partial charge in [-0.2, -0.15) is 5.10 Å². The summed E-state index contributed by atoms with van der Waals surface area (Å²) in [5.74, 6) is 0.278. The highest BCUT2D eigenvalue weighted by Gasteiger charge is 2.25. The number of aromatic nitrogens is 2. The summed E-state index contributed by atoms with van der Waals surface area (Å²) in [6.07, 6.45) is 3.23. The van der Waals surface area contributed by atoms with Crippen molar-refractivity contribution in [3.63, 3.8) is 0 Å². The van der Waals surface area contributed by atoms with Gasteiger partial charge >= 0.3 is 0 Å². The Morgan fingerprint density at radius 1 is 1.56 bits per heavy atom. The van der Waals surface area contributed by atoms with Crippen molar-refractivity contribution in [3.8, 4) is 0 Å². The summed E-state index contributed by atoms with van der Waals surface area (Å²) >= 11 is 6.07. The summed E-state index contributed by atoms with van der Waals surface area (Å²) in [6, 6.07) is 0. The number of rotatable bonds is 7. The number of Topliss-reactive ketones (excluding diaryl/α,β-unsaturated/α-hetero) is 1. The van der Waals surface area contributed by atoms with Crippen LogP contribution in [0.5, 0.6) is 0 Å². The lowest BCUT2D eigenvalue weighted by atomic mass is 9.92. The van der Waals surface area contributed by atoms with Gasteiger partial charge in [-0.25, -0.2) is 0 Å². The molecular weight excluding hydrogens is 250 g/mol. The Morgan fingerprint density at radius 2 is 2.22 bits per heavy atom. The molecule has 0 spiro atoms. The number of halogens is 1. The van der Waals surface area contributed by atoms with E-state index in [4.69, 9.17) is 17.3 Å². The molecule has 0 radical (unpaired) electrons. The van der Waals surface area contributed by atoms with Crippen LogP contribution in [0.15, 0.2) is 6.20 Å². The maximum absolute atomic E-state index is 12.5. The maximum atomic E-state index is 12.5. The molecule has 18 heavy (non-hydrogen) atoms. The van der Waals surface area contributed by atoms with Crippen molar-refractivity contribution in [2.75, 3.05) is 6.54 Å². The van der Waals surface area contributed by atoms with E-state index in [-0.39, 0.29) is 11.7 Å². The number of carbonyl (C=O) groups is 1. The van der Waals surface area contributed by atoms with Gasteiger partial charge in [0.25, 0.3) is 0 Å². The second kappa shape index (κ2) is 6.90. The molecule has 4 nitrogen and oxygen atoms in total. The Labute approximate surface area is 113 Å². The SMILES string of the molecule is CCCn1ncc(Cl)c1C(=O)C(CN)CC(C)C. The summed E-state index contributed by atoms with van der Waals surface area (Å²) in [6.45, 7) is 7.26. The first-order valence-corrected chi connectivity index (χ1v) is 6.84. The van der Waals surface area contributed by atoms with Gasteiger partial charge in [-0.15, -0.1) is 0 Å². The van der Waals surface area contributed by atoms with Crippen molar-refractivity contribution < 1.29 is 4.79 Å². The Morgan fingerprint density at radius 3 is 2.72 bits per heavy atom. The molecule has 0 bridgehead atoms. The van der Waals surface area contributed by atoms with Gasteiger partial charge < -0.3 is 5.73 Å². The zero-order chi connectivity index (χ0) is 13.7. The molecular formula is C13H22ClN3O. The molecule has 0 saturated carbocycles. The Kier molecular flexibility index (Phi) is 5.82. The minimum atomic E-state index is -0.171. The largest absolute Gasteiger partial charge is 0.330 e. The third-order valence-electron chi connectivity index (χ3n) is 2.87. The Hall–Kier alpha value is -0.870. The van der Waals surface area contributed by atoms with Crippen LogP contribution in [0.2, 0.25) is 5.02 Å². The van der Waals surface area contributed by atoms with Crippen LogP contribution >= 0.6 is 11.6 Å². The lowest BCUT2D eigenvalue weighted by molar-refractivity contribution is 0.0897. The third-order valence-corrected chi connectivity index (χ3v) is 3.15. The number of aryl methyl sites for hydroxylation is 1. The second-order valence-electron chi connectivity index (χ2n) is 4.99. The average Bonchev–Trinajstić information content (AvgIpc) is 2.67. The molecule has 1 atom stereocenters. The Balaban J connectivity index is 2.97. The van der Waals surface area contributed by atoms with Gasteiger partial charge in [-0.3, -0.25) is 9.48 Å². The normalized spacial score (nSPS) is 13.0. The zero-order valence-corrected chi connectivity index (χ0v) is 12.1. The summed E-state index contributed by atoms with van der Waals surface area (Å²) < 4.78 is 1.69. The number of hydrogen-bond acceptors (Lipinski definition) is 3. The fourth-order valence-electron chi connectivity index (χ4n) is 2.06. The maximum Gasteiger partial charge on any atom is 0.186 e. The molecule has 0 aliphatic heterocycles. The third kappa shape index (κ3) is 3.56. The zero-order valence-electron chi connectivity index (χ0n) is 11.3. The molecule has 1 unspecified atom stereocenters. The topological polar surface area (TPSA) is 60.9 Å². The minimum absolute atomic E-state index is 0.0159. The van der Waals surface area contributed by atoms with E-state index in [1.54, 1.807) is 4.68 Å². The van der Waals surface area contributed by atoms with E-state index >= 15 is 0 Å². The highest BCUT2D eigenvalue weighted by molar-refractivity contribution is 6.33. The van der Waals surface area contributed by atoms with Crippen LogP contribution in [0.1, 0.15) is 44.1 Å². The van der Waals surface area contributed by atoms with Crippen molar-refractivity contribution in [2.45, 2.75) is 40.2 Å². The first-order valence-electron chi connectivity index (χ1n) is 6.46. The van der Waals surface area contributed by atoms with Crippen LogP contribution in [0.4, 0.5) is 0 Å². The van der Waals surface area contributed by atoms with Crippen molar-refractivity contribution >= 4 is 17.4 Å². The minimum Gasteiger partial charge on any atom is -0.330 e. The predicted molar refractivity (Wildman–Crippen MR) is 73.9 cm³/mol. The standard InChI is InChI=1S/C13H22ClN3O/c1-4-5-17-12(11(14)8-16-17)13(18)10(7-15)6-9(2)3/h8-10H,4-7,15H2,1-3H3. The van der Waals surface area contributed by atoms with Gasteiger partial charge in [0, 0.05) is 19.0 Å². The number of hydrogen-bond donors (Lipinski definition) is 1. The molecule has 0 saturated heterocycles. The van der Waals surface area contributed by atoms with Crippen LogP contribution < -0.4 is 5.73 Å². The summed E-state index contributed by atoms with van der Waals surface area (Å²) in [7, 11) is 0. The summed E-state index contributed by atoms with van der Waals surface area (Å²) in [4.78, 5) is 12.5. The van der Waals surface area contributed by atoms with Gasteiger partial charge in [0.05, 0.1) is 11.2 Å². The smallest absolute Gasteiger partial charge is 0.186 e. The monoisotopic (exact) mass is 271 g/mol. The predicted octanol–water partition coefficient (Wildman–Crippen LogP) is 2.75. The molecule has 0 amide bonds. The molecule has 0 aromatic carbocycles. The Bertz CT molecular complexity index is 401.